The second-order valence-corrected chi connectivity index (χ2v) is 12.6. The number of hydrogen-bond acceptors (Lipinski definition) is 0. The van der Waals surface area contributed by atoms with Crippen molar-refractivity contribution >= 4 is 0 Å². The molecule has 0 aromatic heterocycles. The van der Waals surface area contributed by atoms with Gasteiger partial charge in [0.25, 0.3) is 0 Å². The molecule has 4 saturated carbocycles. The molecule has 4 aliphatic carbocycles. The van der Waals surface area contributed by atoms with Gasteiger partial charge in [0.1, 0.15) is 0 Å². The third kappa shape index (κ3) is 3.43. The van der Waals surface area contributed by atoms with Crippen LogP contribution in [0.3, 0.4) is 0 Å². The fourth-order valence-corrected chi connectivity index (χ4v) is 9.18. The molecule has 0 aliphatic heterocycles. The third-order valence-electron chi connectivity index (χ3n) is 10.8. The van der Waals surface area contributed by atoms with Crippen LogP contribution in [-0.4, -0.2) is 0 Å². The van der Waals surface area contributed by atoms with Crippen molar-refractivity contribution in [3.05, 3.63) is 12.2 Å². The van der Waals surface area contributed by atoms with Crippen molar-refractivity contribution in [3.8, 4) is 0 Å². The summed E-state index contributed by atoms with van der Waals surface area (Å²) in [5.41, 5.74) is 2.84. The van der Waals surface area contributed by atoms with E-state index in [1.54, 1.807) is 12.0 Å². The van der Waals surface area contributed by atoms with E-state index in [1.807, 2.05) is 0 Å². The minimum absolute atomic E-state index is 0.631. The van der Waals surface area contributed by atoms with Crippen LogP contribution in [-0.2, 0) is 0 Å². The fraction of sp³-hybridized carbons (Fsp3) is 0.929. The maximum absolute atomic E-state index is 4.37. The van der Waals surface area contributed by atoms with Gasteiger partial charge in [-0.05, 0) is 110 Å². The maximum atomic E-state index is 4.37. The monoisotopic (exact) mass is 384 g/mol. The molecule has 28 heavy (non-hydrogen) atoms. The molecule has 0 aromatic carbocycles. The predicted octanol–water partition coefficient (Wildman–Crippen LogP) is 8.66. The highest BCUT2D eigenvalue weighted by atomic mass is 14.6. The number of allylic oxidation sites excluding steroid dienone is 1. The topological polar surface area (TPSA) is 0 Å². The molecule has 0 heteroatoms. The second kappa shape index (κ2) is 7.77. The molecule has 0 amide bonds. The first-order valence-electron chi connectivity index (χ1n) is 12.9. The van der Waals surface area contributed by atoms with E-state index in [0.717, 1.165) is 41.4 Å². The van der Waals surface area contributed by atoms with E-state index in [2.05, 4.69) is 41.2 Å². The van der Waals surface area contributed by atoms with Gasteiger partial charge in [0.05, 0.1) is 0 Å². The van der Waals surface area contributed by atoms with Crippen molar-refractivity contribution in [2.45, 2.75) is 112 Å². The summed E-state index contributed by atoms with van der Waals surface area (Å²) in [6, 6.07) is 0. The fourth-order valence-electron chi connectivity index (χ4n) is 9.18. The molecule has 8 atom stereocenters. The van der Waals surface area contributed by atoms with Crippen molar-refractivity contribution in [2.24, 2.45) is 52.3 Å². The van der Waals surface area contributed by atoms with Crippen LogP contribution in [0, 0.1) is 52.3 Å². The van der Waals surface area contributed by atoms with E-state index in [0.29, 0.717) is 10.8 Å². The zero-order valence-corrected chi connectivity index (χ0v) is 19.7. The molecule has 0 saturated heterocycles. The minimum Gasteiger partial charge on any atom is -0.0999 e. The number of fused-ring (bicyclic) bond motifs is 5. The van der Waals surface area contributed by atoms with Crippen LogP contribution >= 0.6 is 0 Å². The Hall–Kier alpha value is -0.260. The Bertz CT molecular complexity index is 573. The standard InChI is InChI=1S/C28H48/c1-19(2)8-7-9-21(4)24-12-13-25-23-11-10-22-18-20(3)14-16-27(22,5)26(23)15-17-28(24,25)6/h19,21-26H,3,7-18H2,1-2,4-6H3/t21-,22?,23+,24-,25+,26+,27+,28-/m1/s1. The molecular weight excluding hydrogens is 336 g/mol. The summed E-state index contributed by atoms with van der Waals surface area (Å²) >= 11 is 0. The van der Waals surface area contributed by atoms with E-state index < -0.39 is 0 Å². The van der Waals surface area contributed by atoms with Gasteiger partial charge >= 0.3 is 0 Å². The molecule has 4 rings (SSSR count). The zero-order valence-electron chi connectivity index (χ0n) is 19.7. The van der Waals surface area contributed by atoms with Gasteiger partial charge < -0.3 is 0 Å². The summed E-state index contributed by atoms with van der Waals surface area (Å²) in [6.07, 6.45) is 17.6. The van der Waals surface area contributed by atoms with Crippen LogP contribution in [0.5, 0.6) is 0 Å². The summed E-state index contributed by atoms with van der Waals surface area (Å²) in [5.74, 6) is 6.86. The lowest BCUT2D eigenvalue weighted by atomic mass is 9.44. The molecule has 0 bridgehead atoms. The summed E-state index contributed by atoms with van der Waals surface area (Å²) in [5, 5.41) is 0. The second-order valence-electron chi connectivity index (χ2n) is 12.6. The van der Waals surface area contributed by atoms with Crippen molar-refractivity contribution < 1.29 is 0 Å². The van der Waals surface area contributed by atoms with Gasteiger partial charge in [-0.25, -0.2) is 0 Å². The zero-order chi connectivity index (χ0) is 20.1. The Balaban J connectivity index is 1.47. The van der Waals surface area contributed by atoms with Gasteiger partial charge in [-0.3, -0.25) is 0 Å². The van der Waals surface area contributed by atoms with Gasteiger partial charge in [-0.2, -0.15) is 0 Å². The minimum atomic E-state index is 0.631. The van der Waals surface area contributed by atoms with Crippen LogP contribution in [0.25, 0.3) is 0 Å². The van der Waals surface area contributed by atoms with E-state index in [1.165, 1.54) is 70.6 Å². The average Bonchev–Trinajstić information content (AvgIpc) is 2.99. The van der Waals surface area contributed by atoms with Gasteiger partial charge in [0, 0.05) is 0 Å². The van der Waals surface area contributed by atoms with E-state index >= 15 is 0 Å². The molecule has 4 fully saturated rings. The van der Waals surface area contributed by atoms with Crippen molar-refractivity contribution in [3.63, 3.8) is 0 Å². The first-order chi connectivity index (χ1) is 13.3. The Morgan fingerprint density at radius 1 is 0.893 bits per heavy atom. The Morgan fingerprint density at radius 2 is 1.64 bits per heavy atom. The maximum Gasteiger partial charge on any atom is -0.0260 e. The molecule has 0 heterocycles. The molecular formula is C28H48. The highest BCUT2D eigenvalue weighted by Crippen LogP contribution is 2.68. The first kappa shape index (κ1) is 21.0. The van der Waals surface area contributed by atoms with Crippen LogP contribution in [0.1, 0.15) is 112 Å². The summed E-state index contributed by atoms with van der Waals surface area (Å²) in [6.45, 7) is 17.2. The van der Waals surface area contributed by atoms with E-state index in [4.69, 9.17) is 0 Å². The lowest BCUT2D eigenvalue weighted by Gasteiger charge is -2.61. The smallest absolute Gasteiger partial charge is 0.0260 e. The van der Waals surface area contributed by atoms with Crippen LogP contribution in [0.2, 0.25) is 0 Å². The molecule has 4 aliphatic rings. The molecule has 0 aromatic rings. The Kier molecular flexibility index (Phi) is 5.83. The summed E-state index contributed by atoms with van der Waals surface area (Å²) in [7, 11) is 0. The lowest BCUT2D eigenvalue weighted by Crippen LogP contribution is -2.53. The predicted molar refractivity (Wildman–Crippen MR) is 122 cm³/mol. The van der Waals surface area contributed by atoms with Gasteiger partial charge in [0.2, 0.25) is 0 Å². The lowest BCUT2D eigenvalue weighted by molar-refractivity contribution is -0.109. The van der Waals surface area contributed by atoms with Crippen molar-refractivity contribution in [1.82, 2.24) is 0 Å². The molecule has 1 unspecified atom stereocenters. The van der Waals surface area contributed by atoms with Crippen molar-refractivity contribution in [1.29, 1.82) is 0 Å². The van der Waals surface area contributed by atoms with Gasteiger partial charge in [-0.1, -0.05) is 66.0 Å². The van der Waals surface area contributed by atoms with Crippen molar-refractivity contribution in [2.75, 3.05) is 0 Å². The molecule has 160 valence electrons. The highest BCUT2D eigenvalue weighted by Gasteiger charge is 2.60. The highest BCUT2D eigenvalue weighted by molar-refractivity contribution is 5.13. The van der Waals surface area contributed by atoms with E-state index in [-0.39, 0.29) is 0 Å². The molecule has 0 radical (unpaired) electrons. The average molecular weight is 385 g/mol. The Labute approximate surface area is 176 Å². The van der Waals surface area contributed by atoms with Gasteiger partial charge in [0.15, 0.2) is 0 Å². The molecule has 0 spiro atoms. The SMILES string of the molecule is C=C1CC[C@@]2(C)C(CC[C@H]3[C@@H]4CC[C@H]([C@H](C)CCCC(C)C)[C@@]4(C)CC[C@@H]32)C1. The van der Waals surface area contributed by atoms with Crippen LogP contribution < -0.4 is 0 Å². The normalized spacial score (nSPS) is 46.8. The van der Waals surface area contributed by atoms with E-state index in [9.17, 15) is 0 Å². The molecule has 0 nitrogen and oxygen atoms in total. The third-order valence-corrected chi connectivity index (χ3v) is 10.8. The summed E-state index contributed by atoms with van der Waals surface area (Å²) in [4.78, 5) is 0. The van der Waals surface area contributed by atoms with Gasteiger partial charge in [-0.15, -0.1) is 0 Å². The van der Waals surface area contributed by atoms with Crippen LogP contribution in [0.4, 0.5) is 0 Å². The molecule has 0 N–H and O–H groups in total. The summed E-state index contributed by atoms with van der Waals surface area (Å²) < 4.78 is 0. The largest absolute Gasteiger partial charge is 0.0999 e. The Morgan fingerprint density at radius 3 is 2.39 bits per heavy atom. The van der Waals surface area contributed by atoms with Crippen LogP contribution in [0.15, 0.2) is 12.2 Å². The number of rotatable bonds is 5. The number of hydrogen-bond donors (Lipinski definition) is 0. The first-order valence-corrected chi connectivity index (χ1v) is 12.9. The quantitative estimate of drug-likeness (QED) is 0.416.